The number of amides is 2. The Labute approximate surface area is 172 Å². The monoisotopic (exact) mass is 408 g/mol. The summed E-state index contributed by atoms with van der Waals surface area (Å²) in [5.74, 6) is -0.0882. The molecule has 4 N–H and O–H groups in total. The number of anilines is 1. The number of hydrogen-bond donors (Lipinski definition) is 4. The van der Waals surface area contributed by atoms with Crippen molar-refractivity contribution < 1.29 is 19.1 Å². The zero-order valence-corrected chi connectivity index (χ0v) is 18.1. The third-order valence-corrected chi connectivity index (χ3v) is 4.40. The zero-order chi connectivity index (χ0) is 22.1. The Morgan fingerprint density at radius 1 is 1.28 bits per heavy atom. The number of benzene rings is 1. The standard InChI is InChI=1S/C21H33FN4O3/c1-7-8-9-29-15(6)19(12-23)26(28)25-21(27)24-20-17(13(2)3)10-16(22)11-18(20)14(4)5/h10-14,23,28H,7-9H2,1-6H3,(H2,24,25,27)/b19-15-,23-12?. The smallest absolute Gasteiger partial charge is 0.339 e. The van der Waals surface area contributed by atoms with Gasteiger partial charge in [-0.3, -0.25) is 5.21 Å². The number of nitrogens with one attached hydrogen (secondary N) is 3. The van der Waals surface area contributed by atoms with E-state index in [2.05, 4.69) is 10.7 Å². The van der Waals surface area contributed by atoms with Crippen LogP contribution in [0.25, 0.3) is 0 Å². The van der Waals surface area contributed by atoms with E-state index in [4.69, 9.17) is 10.1 Å². The molecule has 0 saturated heterocycles. The van der Waals surface area contributed by atoms with Crippen molar-refractivity contribution in [2.24, 2.45) is 0 Å². The molecule has 0 bridgehead atoms. The quantitative estimate of drug-likeness (QED) is 0.178. The van der Waals surface area contributed by atoms with E-state index in [9.17, 15) is 14.4 Å². The van der Waals surface area contributed by atoms with Crippen molar-refractivity contribution in [1.29, 1.82) is 5.41 Å². The highest BCUT2D eigenvalue weighted by Gasteiger charge is 2.20. The van der Waals surface area contributed by atoms with Crippen molar-refractivity contribution >= 4 is 17.9 Å². The van der Waals surface area contributed by atoms with Gasteiger partial charge in [-0.25, -0.2) is 14.6 Å². The van der Waals surface area contributed by atoms with Crippen molar-refractivity contribution in [3.8, 4) is 0 Å². The highest BCUT2D eigenvalue weighted by Crippen LogP contribution is 2.33. The van der Waals surface area contributed by atoms with Gasteiger partial charge in [0.2, 0.25) is 0 Å². The summed E-state index contributed by atoms with van der Waals surface area (Å²) in [6.45, 7) is 11.7. The van der Waals surface area contributed by atoms with Gasteiger partial charge in [0, 0.05) is 11.9 Å². The second kappa shape index (κ2) is 11.4. The molecule has 1 rings (SSSR count). The summed E-state index contributed by atoms with van der Waals surface area (Å²) in [5.41, 5.74) is 4.09. The second-order valence-corrected chi connectivity index (χ2v) is 7.43. The van der Waals surface area contributed by atoms with Gasteiger partial charge in [-0.05, 0) is 48.4 Å². The van der Waals surface area contributed by atoms with Crippen LogP contribution in [-0.2, 0) is 4.74 Å². The lowest BCUT2D eigenvalue weighted by molar-refractivity contribution is -0.0840. The molecule has 1 aromatic rings. The number of urea groups is 1. The van der Waals surface area contributed by atoms with Crippen LogP contribution in [0.5, 0.6) is 0 Å². The van der Waals surface area contributed by atoms with E-state index in [1.54, 1.807) is 6.92 Å². The van der Waals surface area contributed by atoms with Crippen LogP contribution in [0.1, 0.15) is 77.3 Å². The first-order chi connectivity index (χ1) is 13.6. The number of carbonyl (C=O) groups excluding carboxylic acids is 1. The fraction of sp³-hybridized carbons (Fsp3) is 0.524. The van der Waals surface area contributed by atoms with Crippen LogP contribution in [-0.4, -0.2) is 29.2 Å². The maximum Gasteiger partial charge on any atom is 0.339 e. The second-order valence-electron chi connectivity index (χ2n) is 7.43. The molecule has 0 aliphatic carbocycles. The molecule has 0 spiro atoms. The van der Waals surface area contributed by atoms with Gasteiger partial charge < -0.3 is 15.5 Å². The Morgan fingerprint density at radius 3 is 2.28 bits per heavy atom. The molecule has 0 aliphatic rings. The molecule has 162 valence electrons. The normalized spacial score (nSPS) is 11.9. The van der Waals surface area contributed by atoms with E-state index in [-0.39, 0.29) is 23.4 Å². The topological polar surface area (TPSA) is 97.7 Å². The van der Waals surface area contributed by atoms with Crippen LogP contribution in [0.15, 0.2) is 23.6 Å². The molecule has 0 fully saturated rings. The molecule has 0 aromatic heterocycles. The highest BCUT2D eigenvalue weighted by atomic mass is 19.1. The summed E-state index contributed by atoms with van der Waals surface area (Å²) in [6, 6.07) is 2.08. The van der Waals surface area contributed by atoms with E-state index < -0.39 is 6.03 Å². The van der Waals surface area contributed by atoms with Gasteiger partial charge in [0.1, 0.15) is 17.3 Å². The van der Waals surface area contributed by atoms with E-state index in [0.717, 1.165) is 19.1 Å². The Kier molecular flexibility index (Phi) is 9.61. The van der Waals surface area contributed by atoms with Crippen molar-refractivity contribution in [2.45, 2.75) is 66.2 Å². The van der Waals surface area contributed by atoms with Crippen LogP contribution >= 0.6 is 0 Å². The highest BCUT2D eigenvalue weighted by molar-refractivity contribution is 5.91. The number of halogens is 1. The molecule has 2 amide bonds. The summed E-state index contributed by atoms with van der Waals surface area (Å²) in [5, 5.41) is 20.8. The molecule has 0 aliphatic heterocycles. The fourth-order valence-corrected chi connectivity index (χ4v) is 2.76. The number of allylic oxidation sites excluding steroid dienone is 2. The van der Waals surface area contributed by atoms with Crippen molar-refractivity contribution in [3.05, 3.63) is 40.5 Å². The van der Waals surface area contributed by atoms with E-state index >= 15 is 0 Å². The molecule has 0 unspecified atom stereocenters. The van der Waals surface area contributed by atoms with E-state index in [1.807, 2.05) is 34.6 Å². The molecule has 1 aromatic carbocycles. The number of nitrogens with zero attached hydrogens (tertiary/aromatic N) is 1. The Balaban J connectivity index is 3.04. The van der Waals surface area contributed by atoms with Crippen LogP contribution in [0, 0.1) is 11.2 Å². The number of carbonyl (C=O) groups is 1. The summed E-state index contributed by atoms with van der Waals surface area (Å²) in [4.78, 5) is 12.5. The van der Waals surface area contributed by atoms with Crippen molar-refractivity contribution in [2.75, 3.05) is 11.9 Å². The number of ether oxygens (including phenoxy) is 1. The molecule has 7 nitrogen and oxygen atoms in total. The molecular weight excluding hydrogens is 375 g/mol. The first kappa shape index (κ1) is 24.4. The van der Waals surface area contributed by atoms with Crippen LogP contribution < -0.4 is 10.7 Å². The molecular formula is C21H33FN4O3. The van der Waals surface area contributed by atoms with Gasteiger partial charge in [-0.1, -0.05) is 41.0 Å². The van der Waals surface area contributed by atoms with Crippen LogP contribution in [0.4, 0.5) is 14.9 Å². The third-order valence-electron chi connectivity index (χ3n) is 4.40. The lowest BCUT2D eigenvalue weighted by Gasteiger charge is -2.23. The number of hydroxylamine groups is 1. The number of rotatable bonds is 10. The van der Waals surface area contributed by atoms with Gasteiger partial charge in [0.15, 0.2) is 0 Å². The van der Waals surface area contributed by atoms with Crippen LogP contribution in [0.3, 0.4) is 0 Å². The molecule has 0 radical (unpaired) electrons. The first-order valence-electron chi connectivity index (χ1n) is 9.86. The van der Waals surface area contributed by atoms with Gasteiger partial charge in [-0.15, -0.1) is 0 Å². The van der Waals surface area contributed by atoms with Gasteiger partial charge >= 0.3 is 6.03 Å². The molecule has 0 atom stereocenters. The summed E-state index contributed by atoms with van der Waals surface area (Å²) in [7, 11) is 0. The van der Waals surface area contributed by atoms with Gasteiger partial charge in [-0.2, -0.15) is 5.17 Å². The number of unbranched alkanes of at least 4 members (excludes halogenated alkanes) is 1. The first-order valence-corrected chi connectivity index (χ1v) is 9.86. The minimum atomic E-state index is -0.719. The lowest BCUT2D eigenvalue weighted by atomic mass is 9.92. The maximum atomic E-state index is 14.0. The summed E-state index contributed by atoms with van der Waals surface area (Å²) in [6.07, 6.45) is 2.67. The molecule has 0 saturated carbocycles. The predicted molar refractivity (Wildman–Crippen MR) is 113 cm³/mol. The lowest BCUT2D eigenvalue weighted by Crippen LogP contribution is -2.43. The predicted octanol–water partition coefficient (Wildman–Crippen LogP) is 5.50. The van der Waals surface area contributed by atoms with Gasteiger partial charge in [0.25, 0.3) is 0 Å². The number of hydrazine groups is 1. The molecule has 0 heterocycles. The summed E-state index contributed by atoms with van der Waals surface area (Å²) >= 11 is 0. The fourth-order valence-electron chi connectivity index (χ4n) is 2.76. The third kappa shape index (κ3) is 7.05. The zero-order valence-electron chi connectivity index (χ0n) is 18.1. The van der Waals surface area contributed by atoms with E-state index in [0.29, 0.717) is 34.4 Å². The van der Waals surface area contributed by atoms with Crippen LogP contribution in [0.2, 0.25) is 0 Å². The summed E-state index contributed by atoms with van der Waals surface area (Å²) < 4.78 is 19.5. The largest absolute Gasteiger partial charge is 0.496 e. The van der Waals surface area contributed by atoms with E-state index in [1.165, 1.54) is 12.1 Å². The van der Waals surface area contributed by atoms with Gasteiger partial charge in [0.05, 0.1) is 6.61 Å². The Morgan fingerprint density at radius 2 is 1.83 bits per heavy atom. The minimum Gasteiger partial charge on any atom is -0.496 e. The average molecular weight is 409 g/mol. The van der Waals surface area contributed by atoms with Crippen molar-refractivity contribution in [3.63, 3.8) is 0 Å². The molecule has 8 heteroatoms. The SMILES string of the molecule is CCCCO/C(C)=C(/C=N)N(O)NC(=O)Nc1c(C(C)C)cc(F)cc1C(C)C. The average Bonchev–Trinajstić information content (AvgIpc) is 2.63. The Bertz CT molecular complexity index is 718. The maximum absolute atomic E-state index is 14.0. The number of hydrogen-bond acceptors (Lipinski definition) is 5. The minimum absolute atomic E-state index is 0.00326. The molecule has 29 heavy (non-hydrogen) atoms. The van der Waals surface area contributed by atoms with Crippen molar-refractivity contribution in [1.82, 2.24) is 10.6 Å². The Hall–Kier alpha value is -2.61.